The molecule has 0 aliphatic heterocycles. The Morgan fingerprint density at radius 2 is 0.941 bits per heavy atom. The summed E-state index contributed by atoms with van der Waals surface area (Å²) in [5, 5.41) is 5.46. The van der Waals surface area contributed by atoms with E-state index in [9.17, 15) is 0 Å². The topological polar surface area (TPSA) is 0 Å². The van der Waals surface area contributed by atoms with Gasteiger partial charge in [0, 0.05) is 10.2 Å². The minimum atomic E-state index is 0. The van der Waals surface area contributed by atoms with Gasteiger partial charge in [-0.15, -0.1) is 81.2 Å². The maximum atomic E-state index is 3.18. The average Bonchev–Trinajstić information content (AvgIpc) is 3.42. The molecule has 0 saturated carbocycles. The number of fused-ring (bicyclic) bond motifs is 2. The summed E-state index contributed by atoms with van der Waals surface area (Å²) in [7, 11) is 3.18. The molecule has 0 heterocycles. The number of rotatable bonds is 5. The third kappa shape index (κ3) is 14.7. The van der Waals surface area contributed by atoms with Crippen LogP contribution >= 0.6 is 0 Å². The number of hydrogen-bond acceptors (Lipinski definition) is 0. The SMILES string of the molecule is CCCCCC.CC[Si].CCc1cc2ccccc2[cH-]1.CCc1cc2ccccc2[cH-]1.[Cl-].[Cl-].[Zr+4]. The maximum absolute atomic E-state index is 3.18. The third-order valence-electron chi connectivity index (χ3n) is 5.13. The van der Waals surface area contributed by atoms with Crippen LogP contribution in [0.2, 0.25) is 6.04 Å². The molecule has 0 saturated heterocycles. The van der Waals surface area contributed by atoms with E-state index in [1.807, 2.05) is 6.92 Å². The van der Waals surface area contributed by atoms with Crippen molar-refractivity contribution in [2.75, 3.05) is 0 Å². The fourth-order valence-corrected chi connectivity index (χ4v) is 3.34. The number of aryl methyl sites for hydroxylation is 2. The summed E-state index contributed by atoms with van der Waals surface area (Å²) in [6, 6.07) is 27.1. The first kappa shape index (κ1) is 37.9. The van der Waals surface area contributed by atoms with E-state index in [2.05, 4.69) is 111 Å². The number of benzene rings is 2. The molecular weight excluding hydrogens is 551 g/mol. The first-order chi connectivity index (χ1) is 15.1. The zero-order chi connectivity index (χ0) is 22.9. The maximum Gasteiger partial charge on any atom is 4.00 e. The monoisotopic (exact) mass is 589 g/mol. The van der Waals surface area contributed by atoms with Crippen molar-refractivity contribution in [3.63, 3.8) is 0 Å². The minimum absolute atomic E-state index is 0. The summed E-state index contributed by atoms with van der Waals surface area (Å²) < 4.78 is 0. The smallest absolute Gasteiger partial charge is 1.00 e. The molecule has 0 bridgehead atoms. The van der Waals surface area contributed by atoms with E-state index in [1.165, 1.54) is 58.4 Å². The summed E-state index contributed by atoms with van der Waals surface area (Å²) in [4.78, 5) is 0. The minimum Gasteiger partial charge on any atom is -1.00 e. The van der Waals surface area contributed by atoms with E-state index < -0.39 is 0 Å². The van der Waals surface area contributed by atoms with Gasteiger partial charge >= 0.3 is 26.2 Å². The van der Waals surface area contributed by atoms with Crippen molar-refractivity contribution in [3.8, 4) is 0 Å². The van der Waals surface area contributed by atoms with E-state index in [1.54, 1.807) is 0 Å². The Bertz CT molecular complexity index is 814. The van der Waals surface area contributed by atoms with Crippen LogP contribution in [0.15, 0.2) is 72.8 Å². The van der Waals surface area contributed by atoms with Crippen LogP contribution < -0.4 is 24.8 Å². The molecule has 0 N–H and O–H groups in total. The summed E-state index contributed by atoms with van der Waals surface area (Å²) in [6.45, 7) is 10.9. The summed E-state index contributed by atoms with van der Waals surface area (Å²) in [5.41, 5.74) is 2.87. The van der Waals surface area contributed by atoms with Gasteiger partial charge in [-0.3, -0.25) is 0 Å². The predicted molar refractivity (Wildman–Crippen MR) is 144 cm³/mol. The van der Waals surface area contributed by atoms with Gasteiger partial charge in [-0.2, -0.15) is 12.1 Å². The van der Waals surface area contributed by atoms with Crippen molar-refractivity contribution in [3.05, 3.63) is 83.9 Å². The molecule has 4 rings (SSSR count). The van der Waals surface area contributed by atoms with Gasteiger partial charge in [0.15, 0.2) is 0 Å². The largest absolute Gasteiger partial charge is 4.00 e. The van der Waals surface area contributed by atoms with Gasteiger partial charge < -0.3 is 24.8 Å². The van der Waals surface area contributed by atoms with Crippen LogP contribution in [0.5, 0.6) is 0 Å². The Labute approximate surface area is 244 Å². The van der Waals surface area contributed by atoms with E-state index in [0.717, 1.165) is 18.9 Å². The van der Waals surface area contributed by atoms with Crippen molar-refractivity contribution in [1.82, 2.24) is 0 Å². The summed E-state index contributed by atoms with van der Waals surface area (Å²) in [6.07, 6.45) is 7.80. The van der Waals surface area contributed by atoms with E-state index in [4.69, 9.17) is 0 Å². The Morgan fingerprint density at radius 3 is 1.21 bits per heavy atom. The second kappa shape index (κ2) is 24.1. The van der Waals surface area contributed by atoms with Crippen LogP contribution in [0.1, 0.15) is 71.4 Å². The Morgan fingerprint density at radius 1 is 0.618 bits per heavy atom. The van der Waals surface area contributed by atoms with Crippen molar-refractivity contribution in [2.45, 2.75) is 79.2 Å². The molecule has 4 heteroatoms. The van der Waals surface area contributed by atoms with Crippen molar-refractivity contribution in [1.29, 1.82) is 0 Å². The van der Waals surface area contributed by atoms with Gasteiger partial charge in [-0.25, -0.2) is 0 Å². The standard InChI is InChI=1S/2C11H11.C6H14.C2H5Si.2ClH.Zr/c2*1-2-9-7-10-5-3-4-6-11(10)8-9;1-3-5-6-4-2;1-2-3;;;/h2*3-8H,2H2,1H3;3-6H2,1-2H3;2H2,1H3;2*1H;/q2*-1;;;;;+4/p-2. The second-order valence-corrected chi connectivity index (χ2v) is 8.46. The summed E-state index contributed by atoms with van der Waals surface area (Å²) >= 11 is 0. The molecule has 0 spiro atoms. The van der Waals surface area contributed by atoms with Crippen LogP contribution in [-0.2, 0) is 39.0 Å². The van der Waals surface area contributed by atoms with Crippen LogP contribution in [0.25, 0.3) is 21.5 Å². The normalized spacial score (nSPS) is 9.00. The molecule has 34 heavy (non-hydrogen) atoms. The van der Waals surface area contributed by atoms with Gasteiger partial charge in [-0.05, 0) is 12.8 Å². The third-order valence-corrected chi connectivity index (χ3v) is 5.13. The zero-order valence-electron chi connectivity index (χ0n) is 21.6. The van der Waals surface area contributed by atoms with E-state index >= 15 is 0 Å². The van der Waals surface area contributed by atoms with E-state index in [-0.39, 0.29) is 51.0 Å². The molecule has 0 nitrogen and oxygen atoms in total. The van der Waals surface area contributed by atoms with Gasteiger partial charge in [0.1, 0.15) is 0 Å². The molecule has 4 aromatic rings. The Kier molecular flexibility index (Phi) is 26.8. The van der Waals surface area contributed by atoms with Crippen molar-refractivity contribution >= 4 is 31.8 Å². The van der Waals surface area contributed by atoms with Gasteiger partial charge in [0.25, 0.3) is 0 Å². The van der Waals surface area contributed by atoms with Crippen LogP contribution in [0.3, 0.4) is 0 Å². The fourth-order valence-electron chi connectivity index (χ4n) is 3.34. The molecule has 3 radical (unpaired) electrons. The molecule has 0 aliphatic rings. The van der Waals surface area contributed by atoms with Gasteiger partial charge in [0.2, 0.25) is 0 Å². The second-order valence-electron chi connectivity index (χ2n) is 7.75. The molecular formula is C30H41Cl2SiZr. The molecule has 0 unspecified atom stereocenters. The van der Waals surface area contributed by atoms with Gasteiger partial charge in [-0.1, -0.05) is 78.5 Å². The quantitative estimate of drug-likeness (QED) is 0.190. The van der Waals surface area contributed by atoms with Crippen molar-refractivity contribution < 1.29 is 51.0 Å². The molecule has 0 amide bonds. The number of unbranched alkanes of at least 4 members (excludes halogenated alkanes) is 3. The molecule has 0 aliphatic carbocycles. The van der Waals surface area contributed by atoms with Crippen LogP contribution in [-0.4, -0.2) is 10.2 Å². The molecule has 0 atom stereocenters. The first-order valence-electron chi connectivity index (χ1n) is 12.1. The van der Waals surface area contributed by atoms with E-state index in [0.29, 0.717) is 0 Å². The number of halogens is 2. The predicted octanol–water partition coefficient (Wildman–Crippen LogP) is 3.43. The van der Waals surface area contributed by atoms with Crippen LogP contribution in [0.4, 0.5) is 0 Å². The molecule has 183 valence electrons. The average molecular weight is 592 g/mol. The molecule has 0 fully saturated rings. The summed E-state index contributed by atoms with van der Waals surface area (Å²) in [5.74, 6) is 0. The molecule has 0 aromatic heterocycles. The van der Waals surface area contributed by atoms with Gasteiger partial charge in [0.05, 0.1) is 0 Å². The van der Waals surface area contributed by atoms with Crippen LogP contribution in [0, 0.1) is 0 Å². The number of hydrogen-bond donors (Lipinski definition) is 0. The fraction of sp³-hybridized carbons (Fsp3) is 0.400. The zero-order valence-corrected chi connectivity index (χ0v) is 26.6. The van der Waals surface area contributed by atoms with Crippen molar-refractivity contribution in [2.24, 2.45) is 0 Å². The first-order valence-corrected chi connectivity index (χ1v) is 12.8. The Hall–Kier alpha value is -0.660. The molecule has 4 aromatic carbocycles. The Balaban J connectivity index is -0.000000399.